The first-order chi connectivity index (χ1) is 9.56. The van der Waals surface area contributed by atoms with Crippen molar-refractivity contribution >= 4 is 5.91 Å². The Balaban J connectivity index is 1.83. The van der Waals surface area contributed by atoms with Crippen molar-refractivity contribution in [2.75, 3.05) is 0 Å². The molecule has 0 aliphatic heterocycles. The Bertz CT molecular complexity index is 438. The van der Waals surface area contributed by atoms with Crippen LogP contribution < -0.4 is 11.1 Å². The highest BCUT2D eigenvalue weighted by atomic mass is 16.3. The van der Waals surface area contributed by atoms with E-state index < -0.39 is 6.04 Å². The Kier molecular flexibility index (Phi) is 5.01. The lowest BCUT2D eigenvalue weighted by atomic mass is 9.99. The average Bonchev–Trinajstić information content (AvgIpc) is 2.95. The van der Waals surface area contributed by atoms with Gasteiger partial charge in [0.1, 0.15) is 5.75 Å². The highest BCUT2D eigenvalue weighted by molar-refractivity contribution is 5.82. The molecule has 0 aromatic heterocycles. The molecule has 0 spiro atoms. The highest BCUT2D eigenvalue weighted by Gasteiger charge is 2.24. The number of hydrogen-bond donors (Lipinski definition) is 3. The van der Waals surface area contributed by atoms with Crippen molar-refractivity contribution in [2.24, 2.45) is 11.7 Å². The number of phenolic OH excluding ortho intramolecular Hbond substituents is 1. The SMILES string of the molecule is C[C@@H](NC(=O)[C@H](N)Cc1ccc(O)cc1)C1CCCC1. The maximum absolute atomic E-state index is 12.1. The number of rotatable bonds is 5. The third-order valence-corrected chi connectivity index (χ3v) is 4.21. The largest absolute Gasteiger partial charge is 0.508 e. The molecule has 4 N–H and O–H groups in total. The number of hydrogen-bond acceptors (Lipinski definition) is 3. The van der Waals surface area contributed by atoms with Gasteiger partial charge in [0.15, 0.2) is 0 Å². The molecule has 1 fully saturated rings. The van der Waals surface area contributed by atoms with Gasteiger partial charge in [-0.3, -0.25) is 4.79 Å². The summed E-state index contributed by atoms with van der Waals surface area (Å²) in [6.45, 7) is 2.07. The summed E-state index contributed by atoms with van der Waals surface area (Å²) < 4.78 is 0. The monoisotopic (exact) mass is 276 g/mol. The Hall–Kier alpha value is -1.55. The van der Waals surface area contributed by atoms with E-state index in [0.29, 0.717) is 12.3 Å². The van der Waals surface area contributed by atoms with Gasteiger partial charge in [0, 0.05) is 6.04 Å². The summed E-state index contributed by atoms with van der Waals surface area (Å²) in [7, 11) is 0. The molecule has 110 valence electrons. The quantitative estimate of drug-likeness (QED) is 0.769. The smallest absolute Gasteiger partial charge is 0.237 e. The van der Waals surface area contributed by atoms with Gasteiger partial charge in [-0.15, -0.1) is 0 Å². The Morgan fingerprint density at radius 2 is 1.95 bits per heavy atom. The number of phenols is 1. The van der Waals surface area contributed by atoms with E-state index in [1.54, 1.807) is 24.3 Å². The zero-order chi connectivity index (χ0) is 14.5. The fourth-order valence-corrected chi connectivity index (χ4v) is 2.89. The van der Waals surface area contributed by atoms with E-state index in [2.05, 4.69) is 12.2 Å². The van der Waals surface area contributed by atoms with E-state index in [4.69, 9.17) is 5.73 Å². The van der Waals surface area contributed by atoms with E-state index in [9.17, 15) is 9.90 Å². The van der Waals surface area contributed by atoms with Crippen LogP contribution in [0.5, 0.6) is 5.75 Å². The molecule has 0 heterocycles. The van der Waals surface area contributed by atoms with Gasteiger partial charge in [-0.25, -0.2) is 0 Å². The molecule has 1 aliphatic rings. The molecule has 0 saturated heterocycles. The van der Waals surface area contributed by atoms with Gasteiger partial charge in [0.25, 0.3) is 0 Å². The van der Waals surface area contributed by atoms with Crippen molar-refractivity contribution in [1.29, 1.82) is 0 Å². The molecule has 20 heavy (non-hydrogen) atoms. The van der Waals surface area contributed by atoms with E-state index in [0.717, 1.165) is 5.56 Å². The molecule has 1 aromatic carbocycles. The van der Waals surface area contributed by atoms with Gasteiger partial charge in [0.05, 0.1) is 6.04 Å². The lowest BCUT2D eigenvalue weighted by Crippen LogP contribution is -2.47. The molecule has 2 atom stereocenters. The summed E-state index contributed by atoms with van der Waals surface area (Å²) in [4.78, 5) is 12.1. The number of amides is 1. The molecule has 1 aromatic rings. The van der Waals surface area contributed by atoms with E-state index in [1.165, 1.54) is 25.7 Å². The van der Waals surface area contributed by atoms with Crippen molar-refractivity contribution in [1.82, 2.24) is 5.32 Å². The van der Waals surface area contributed by atoms with Gasteiger partial charge < -0.3 is 16.2 Å². The first kappa shape index (κ1) is 14.9. The molecule has 4 heteroatoms. The predicted molar refractivity (Wildman–Crippen MR) is 79.3 cm³/mol. The summed E-state index contributed by atoms with van der Waals surface area (Å²) in [6.07, 6.45) is 5.43. The van der Waals surface area contributed by atoms with Crippen molar-refractivity contribution in [3.05, 3.63) is 29.8 Å². The average molecular weight is 276 g/mol. The number of nitrogens with two attached hydrogens (primary N) is 1. The molecular formula is C16H24N2O2. The van der Waals surface area contributed by atoms with Crippen molar-refractivity contribution in [3.63, 3.8) is 0 Å². The Labute approximate surface area is 120 Å². The molecule has 0 radical (unpaired) electrons. The zero-order valence-electron chi connectivity index (χ0n) is 12.0. The highest BCUT2D eigenvalue weighted by Crippen LogP contribution is 2.27. The zero-order valence-corrected chi connectivity index (χ0v) is 12.0. The van der Waals surface area contributed by atoms with Crippen LogP contribution in [-0.2, 0) is 11.2 Å². The fraction of sp³-hybridized carbons (Fsp3) is 0.562. The van der Waals surface area contributed by atoms with Crippen LogP contribution in [-0.4, -0.2) is 23.1 Å². The third-order valence-electron chi connectivity index (χ3n) is 4.21. The van der Waals surface area contributed by atoms with Crippen LogP contribution in [0.3, 0.4) is 0 Å². The lowest BCUT2D eigenvalue weighted by Gasteiger charge is -2.22. The number of aromatic hydroxyl groups is 1. The summed E-state index contributed by atoms with van der Waals surface area (Å²) in [6, 6.07) is 6.48. The summed E-state index contributed by atoms with van der Waals surface area (Å²) >= 11 is 0. The van der Waals surface area contributed by atoms with Gasteiger partial charge >= 0.3 is 0 Å². The first-order valence-corrected chi connectivity index (χ1v) is 7.40. The summed E-state index contributed by atoms with van der Waals surface area (Å²) in [5, 5.41) is 12.3. The second-order valence-electron chi connectivity index (χ2n) is 5.82. The molecule has 1 aliphatic carbocycles. The minimum Gasteiger partial charge on any atom is -0.508 e. The van der Waals surface area contributed by atoms with Crippen molar-refractivity contribution in [3.8, 4) is 5.75 Å². The Morgan fingerprint density at radius 1 is 1.35 bits per heavy atom. The molecule has 0 unspecified atom stereocenters. The topological polar surface area (TPSA) is 75.4 Å². The van der Waals surface area contributed by atoms with E-state index >= 15 is 0 Å². The maximum atomic E-state index is 12.1. The maximum Gasteiger partial charge on any atom is 0.237 e. The van der Waals surface area contributed by atoms with Crippen molar-refractivity contribution in [2.45, 2.75) is 51.1 Å². The molecule has 0 bridgehead atoms. The minimum atomic E-state index is -0.539. The molecule has 1 amide bonds. The van der Waals surface area contributed by atoms with E-state index in [1.807, 2.05) is 0 Å². The normalized spacial score (nSPS) is 18.7. The van der Waals surface area contributed by atoms with Gasteiger partial charge in [0.2, 0.25) is 5.91 Å². The minimum absolute atomic E-state index is 0.0857. The van der Waals surface area contributed by atoms with Crippen LogP contribution in [0.2, 0.25) is 0 Å². The van der Waals surface area contributed by atoms with Crippen LogP contribution in [0.25, 0.3) is 0 Å². The second kappa shape index (κ2) is 6.75. The standard InChI is InChI=1S/C16H24N2O2/c1-11(13-4-2-3-5-13)18-16(20)15(17)10-12-6-8-14(19)9-7-12/h6-9,11,13,15,19H,2-5,10,17H2,1H3,(H,18,20)/t11-,15-/m1/s1. The molecule has 2 rings (SSSR count). The van der Waals surface area contributed by atoms with Crippen LogP contribution in [0.4, 0.5) is 0 Å². The number of nitrogens with one attached hydrogen (secondary N) is 1. The van der Waals surface area contributed by atoms with Crippen LogP contribution >= 0.6 is 0 Å². The predicted octanol–water partition coefficient (Wildman–Crippen LogP) is 1.96. The van der Waals surface area contributed by atoms with E-state index in [-0.39, 0.29) is 17.7 Å². The van der Waals surface area contributed by atoms with Crippen LogP contribution in [0, 0.1) is 5.92 Å². The van der Waals surface area contributed by atoms with Crippen LogP contribution in [0.15, 0.2) is 24.3 Å². The molecule has 1 saturated carbocycles. The summed E-state index contributed by atoms with van der Waals surface area (Å²) in [5.41, 5.74) is 6.92. The number of benzene rings is 1. The second-order valence-corrected chi connectivity index (χ2v) is 5.82. The fourth-order valence-electron chi connectivity index (χ4n) is 2.89. The van der Waals surface area contributed by atoms with Gasteiger partial charge in [-0.1, -0.05) is 25.0 Å². The number of carbonyl (C=O) groups excluding carboxylic acids is 1. The van der Waals surface area contributed by atoms with Crippen LogP contribution in [0.1, 0.15) is 38.2 Å². The first-order valence-electron chi connectivity index (χ1n) is 7.40. The summed E-state index contributed by atoms with van der Waals surface area (Å²) in [5.74, 6) is 0.735. The lowest BCUT2D eigenvalue weighted by molar-refractivity contribution is -0.123. The van der Waals surface area contributed by atoms with Gasteiger partial charge in [-0.2, -0.15) is 0 Å². The Morgan fingerprint density at radius 3 is 2.55 bits per heavy atom. The number of carbonyl (C=O) groups is 1. The van der Waals surface area contributed by atoms with Crippen molar-refractivity contribution < 1.29 is 9.90 Å². The van der Waals surface area contributed by atoms with Gasteiger partial charge in [-0.05, 0) is 49.8 Å². The molecular weight excluding hydrogens is 252 g/mol. The molecule has 4 nitrogen and oxygen atoms in total. The third kappa shape index (κ3) is 3.97.